The summed E-state index contributed by atoms with van der Waals surface area (Å²) in [5.41, 5.74) is 2.03. The Bertz CT molecular complexity index is 299. The van der Waals surface area contributed by atoms with Crippen molar-refractivity contribution in [3.63, 3.8) is 0 Å². The van der Waals surface area contributed by atoms with Crippen molar-refractivity contribution in [3.8, 4) is 0 Å². The third-order valence-electron chi connectivity index (χ3n) is 1.67. The lowest BCUT2D eigenvalue weighted by atomic mass is 10.0. The molecule has 2 nitrogen and oxygen atoms in total. The van der Waals surface area contributed by atoms with Gasteiger partial charge in [0.05, 0.1) is 0 Å². The van der Waals surface area contributed by atoms with E-state index in [0.29, 0.717) is 5.92 Å². The minimum Gasteiger partial charge on any atom is -0.327 e. The highest BCUT2D eigenvalue weighted by Gasteiger charge is 1.99. The summed E-state index contributed by atoms with van der Waals surface area (Å²) in [5.74, 6) is 0.427. The largest absolute Gasteiger partial charge is 0.327 e. The number of H-pyrrole nitrogens is 1. The molecule has 0 aliphatic rings. The Hall–Kier alpha value is -1.05. The number of rotatable bonds is 1. The Balaban J connectivity index is 3.19. The molecule has 11 heavy (non-hydrogen) atoms. The summed E-state index contributed by atoms with van der Waals surface area (Å²) in [6, 6.07) is 3.66. The molecular formula is C9H13NO. The SMILES string of the molecule is Cc1cc(C(C)C)cc(=O)[nH]1. The topological polar surface area (TPSA) is 32.9 Å². The van der Waals surface area contributed by atoms with E-state index in [-0.39, 0.29) is 5.56 Å². The van der Waals surface area contributed by atoms with Crippen LogP contribution in [0.3, 0.4) is 0 Å². The van der Waals surface area contributed by atoms with Gasteiger partial charge in [-0.2, -0.15) is 0 Å². The molecule has 0 atom stereocenters. The van der Waals surface area contributed by atoms with E-state index in [4.69, 9.17) is 0 Å². The molecule has 0 saturated carbocycles. The van der Waals surface area contributed by atoms with E-state index in [9.17, 15) is 4.79 Å². The normalized spacial score (nSPS) is 10.5. The summed E-state index contributed by atoms with van der Waals surface area (Å²) in [7, 11) is 0. The van der Waals surface area contributed by atoms with Crippen molar-refractivity contribution in [3.05, 3.63) is 33.7 Å². The molecule has 1 rings (SSSR count). The van der Waals surface area contributed by atoms with Crippen LogP contribution in [0.25, 0.3) is 0 Å². The van der Waals surface area contributed by atoms with Crippen molar-refractivity contribution in [2.24, 2.45) is 0 Å². The van der Waals surface area contributed by atoms with Gasteiger partial charge in [-0.15, -0.1) is 0 Å². The molecule has 0 aliphatic heterocycles. The Kier molecular flexibility index (Phi) is 2.13. The summed E-state index contributed by atoms with van der Waals surface area (Å²) in [6.45, 7) is 6.05. The van der Waals surface area contributed by atoms with Crippen LogP contribution in [0, 0.1) is 6.92 Å². The minimum absolute atomic E-state index is 0.00583. The van der Waals surface area contributed by atoms with Crippen LogP contribution >= 0.6 is 0 Å². The van der Waals surface area contributed by atoms with Gasteiger partial charge in [0.15, 0.2) is 0 Å². The van der Waals surface area contributed by atoms with E-state index in [0.717, 1.165) is 11.3 Å². The molecule has 1 aromatic heterocycles. The van der Waals surface area contributed by atoms with Gasteiger partial charge in [-0.25, -0.2) is 0 Å². The minimum atomic E-state index is -0.00583. The lowest BCUT2D eigenvalue weighted by Crippen LogP contribution is -2.07. The molecule has 60 valence electrons. The lowest BCUT2D eigenvalue weighted by Gasteiger charge is -2.04. The second-order valence-electron chi connectivity index (χ2n) is 3.12. The maximum atomic E-state index is 11.0. The third kappa shape index (κ3) is 1.93. The molecule has 0 aliphatic carbocycles. The molecule has 1 aromatic rings. The highest BCUT2D eigenvalue weighted by molar-refractivity contribution is 5.18. The van der Waals surface area contributed by atoms with Gasteiger partial charge < -0.3 is 4.98 Å². The monoisotopic (exact) mass is 151 g/mol. The summed E-state index contributed by atoms with van der Waals surface area (Å²) >= 11 is 0. The number of hydrogen-bond acceptors (Lipinski definition) is 1. The molecule has 1 N–H and O–H groups in total. The maximum Gasteiger partial charge on any atom is 0.248 e. The van der Waals surface area contributed by atoms with Gasteiger partial charge in [0.25, 0.3) is 0 Å². The van der Waals surface area contributed by atoms with Gasteiger partial charge in [-0.3, -0.25) is 4.79 Å². The van der Waals surface area contributed by atoms with Crippen LogP contribution in [0.15, 0.2) is 16.9 Å². The molecule has 1 heterocycles. The van der Waals surface area contributed by atoms with Gasteiger partial charge in [0.1, 0.15) is 0 Å². The average molecular weight is 151 g/mol. The number of nitrogens with one attached hydrogen (secondary N) is 1. The molecule has 0 bridgehead atoms. The van der Waals surface area contributed by atoms with Gasteiger partial charge in [-0.05, 0) is 24.5 Å². The van der Waals surface area contributed by atoms with Crippen LogP contribution in [-0.4, -0.2) is 4.98 Å². The molecular weight excluding hydrogens is 138 g/mol. The highest BCUT2D eigenvalue weighted by atomic mass is 16.1. The summed E-state index contributed by atoms with van der Waals surface area (Å²) < 4.78 is 0. The van der Waals surface area contributed by atoms with Crippen molar-refractivity contribution < 1.29 is 0 Å². The Morgan fingerprint density at radius 1 is 1.36 bits per heavy atom. The zero-order valence-electron chi connectivity index (χ0n) is 7.14. The lowest BCUT2D eigenvalue weighted by molar-refractivity contribution is 0.855. The summed E-state index contributed by atoms with van der Waals surface area (Å²) in [4.78, 5) is 13.7. The van der Waals surface area contributed by atoms with E-state index < -0.39 is 0 Å². The standard InChI is InChI=1S/C9H13NO/c1-6(2)8-4-7(3)10-9(11)5-8/h4-6H,1-3H3,(H,10,11). The van der Waals surface area contributed by atoms with Crippen LogP contribution in [0.4, 0.5) is 0 Å². The summed E-state index contributed by atoms with van der Waals surface area (Å²) in [6.07, 6.45) is 0. The first-order valence-corrected chi connectivity index (χ1v) is 3.80. The number of aryl methyl sites for hydroxylation is 1. The molecule has 0 saturated heterocycles. The van der Waals surface area contributed by atoms with Gasteiger partial charge in [-0.1, -0.05) is 13.8 Å². The van der Waals surface area contributed by atoms with Crippen molar-refractivity contribution in [2.75, 3.05) is 0 Å². The number of hydrogen-bond donors (Lipinski definition) is 1. The maximum absolute atomic E-state index is 11.0. The molecule has 0 spiro atoms. The average Bonchev–Trinajstić information content (AvgIpc) is 1.85. The molecule has 2 heteroatoms. The first kappa shape index (κ1) is 8.05. The van der Waals surface area contributed by atoms with Crippen molar-refractivity contribution in [2.45, 2.75) is 26.7 Å². The van der Waals surface area contributed by atoms with E-state index in [1.165, 1.54) is 0 Å². The number of aromatic amines is 1. The third-order valence-corrected chi connectivity index (χ3v) is 1.67. The van der Waals surface area contributed by atoms with E-state index in [2.05, 4.69) is 18.8 Å². The predicted octanol–water partition coefficient (Wildman–Crippen LogP) is 1.81. The van der Waals surface area contributed by atoms with E-state index in [1.807, 2.05) is 13.0 Å². The predicted molar refractivity (Wildman–Crippen MR) is 45.9 cm³/mol. The van der Waals surface area contributed by atoms with Crippen molar-refractivity contribution in [1.82, 2.24) is 4.98 Å². The number of aromatic nitrogens is 1. The zero-order valence-corrected chi connectivity index (χ0v) is 7.14. The fourth-order valence-electron chi connectivity index (χ4n) is 1.04. The fraction of sp³-hybridized carbons (Fsp3) is 0.444. The van der Waals surface area contributed by atoms with Gasteiger partial charge in [0, 0.05) is 11.8 Å². The molecule has 0 unspecified atom stereocenters. The van der Waals surface area contributed by atoms with Crippen LogP contribution < -0.4 is 5.56 Å². The Labute approximate surface area is 66.3 Å². The Morgan fingerprint density at radius 3 is 2.45 bits per heavy atom. The second kappa shape index (κ2) is 2.91. The van der Waals surface area contributed by atoms with Crippen LogP contribution in [0.2, 0.25) is 0 Å². The van der Waals surface area contributed by atoms with Gasteiger partial charge >= 0.3 is 0 Å². The van der Waals surface area contributed by atoms with Crippen LogP contribution in [0.1, 0.15) is 31.0 Å². The van der Waals surface area contributed by atoms with Crippen molar-refractivity contribution in [1.29, 1.82) is 0 Å². The first-order valence-electron chi connectivity index (χ1n) is 3.80. The van der Waals surface area contributed by atoms with E-state index >= 15 is 0 Å². The molecule has 0 fully saturated rings. The molecule has 0 aromatic carbocycles. The fourth-order valence-corrected chi connectivity index (χ4v) is 1.04. The summed E-state index contributed by atoms with van der Waals surface area (Å²) in [5, 5.41) is 0. The highest BCUT2D eigenvalue weighted by Crippen LogP contribution is 2.11. The first-order chi connectivity index (χ1) is 5.09. The second-order valence-corrected chi connectivity index (χ2v) is 3.12. The van der Waals surface area contributed by atoms with E-state index in [1.54, 1.807) is 6.07 Å². The smallest absolute Gasteiger partial charge is 0.248 e. The van der Waals surface area contributed by atoms with Gasteiger partial charge in [0.2, 0.25) is 5.56 Å². The zero-order chi connectivity index (χ0) is 8.43. The van der Waals surface area contributed by atoms with Crippen molar-refractivity contribution >= 4 is 0 Å². The quantitative estimate of drug-likeness (QED) is 0.652. The number of pyridine rings is 1. The Morgan fingerprint density at radius 2 is 2.00 bits per heavy atom. The van der Waals surface area contributed by atoms with Crippen LogP contribution in [-0.2, 0) is 0 Å². The molecule has 0 radical (unpaired) electrons. The van der Waals surface area contributed by atoms with Crippen LogP contribution in [0.5, 0.6) is 0 Å². The molecule has 0 amide bonds.